The van der Waals surface area contributed by atoms with Gasteiger partial charge >= 0.3 is 39.5 Å². The number of phosphoric acid groups is 2. The SMILES string of the molecule is CCCCCC/C=C\C=C/CCCCCCCC(=O)OC[C@H](COP(=O)(O)OC[C@@H](O)COP(=O)(O)OC[C@@H](COC(=O)CCCCCCC)OC(=O)CCCCCCCCCCCCCCCC)OC(=O)CCCCCCCCCCCCCCCCCCC(C)C. The third-order valence-electron chi connectivity index (χ3n) is 16.7. The predicted octanol–water partition coefficient (Wildman–Crippen LogP) is 21.2. The van der Waals surface area contributed by atoms with Gasteiger partial charge in [-0.25, -0.2) is 9.13 Å². The number of esters is 4. The molecule has 0 heterocycles. The molecule has 19 heteroatoms. The van der Waals surface area contributed by atoms with Crippen LogP contribution >= 0.6 is 15.6 Å². The lowest BCUT2D eigenvalue weighted by Crippen LogP contribution is -2.30. The zero-order chi connectivity index (χ0) is 68.4. The van der Waals surface area contributed by atoms with Gasteiger partial charge in [-0.15, -0.1) is 0 Å². The molecule has 0 radical (unpaired) electrons. The van der Waals surface area contributed by atoms with Crippen LogP contribution in [0.25, 0.3) is 0 Å². The molecule has 0 aliphatic rings. The largest absolute Gasteiger partial charge is 0.472 e. The van der Waals surface area contributed by atoms with E-state index in [1.165, 1.54) is 161 Å². The third-order valence-corrected chi connectivity index (χ3v) is 18.6. The second kappa shape index (κ2) is 66.8. The summed E-state index contributed by atoms with van der Waals surface area (Å²) in [6.07, 6.45) is 58.0. The number of aliphatic hydroxyl groups is 1. The van der Waals surface area contributed by atoms with Crippen LogP contribution in [0, 0.1) is 5.92 Å². The Morgan fingerprint density at radius 3 is 0.882 bits per heavy atom. The molecule has 17 nitrogen and oxygen atoms in total. The molecule has 0 aliphatic heterocycles. The summed E-state index contributed by atoms with van der Waals surface area (Å²) >= 11 is 0. The highest BCUT2D eigenvalue weighted by Gasteiger charge is 2.30. The number of rotatable bonds is 72. The van der Waals surface area contributed by atoms with Gasteiger partial charge in [0, 0.05) is 25.7 Å². The lowest BCUT2D eigenvalue weighted by atomic mass is 10.0. The first-order valence-electron chi connectivity index (χ1n) is 38.0. The highest BCUT2D eigenvalue weighted by molar-refractivity contribution is 7.47. The second-order valence-electron chi connectivity index (χ2n) is 26.5. The van der Waals surface area contributed by atoms with E-state index >= 15 is 0 Å². The normalized spacial score (nSPS) is 14.2. The van der Waals surface area contributed by atoms with E-state index in [2.05, 4.69) is 58.9 Å². The van der Waals surface area contributed by atoms with Crippen LogP contribution in [0.3, 0.4) is 0 Å². The van der Waals surface area contributed by atoms with Crippen LogP contribution in [0.15, 0.2) is 24.3 Å². The van der Waals surface area contributed by atoms with Gasteiger partial charge in [0.15, 0.2) is 12.2 Å². The Morgan fingerprint density at radius 1 is 0.333 bits per heavy atom. The summed E-state index contributed by atoms with van der Waals surface area (Å²) in [7, 11) is -9.91. The van der Waals surface area contributed by atoms with Gasteiger partial charge in [0.25, 0.3) is 0 Å². The average Bonchev–Trinajstić information content (AvgIpc) is 1.74. The fourth-order valence-electron chi connectivity index (χ4n) is 10.8. The number of hydrogen-bond acceptors (Lipinski definition) is 15. The second-order valence-corrected chi connectivity index (χ2v) is 29.4. The molecule has 2 unspecified atom stereocenters. The van der Waals surface area contributed by atoms with Crippen molar-refractivity contribution in [3.63, 3.8) is 0 Å². The van der Waals surface area contributed by atoms with Gasteiger partial charge in [-0.1, -0.05) is 309 Å². The molecular formula is C74H140O17P2. The molecule has 0 rings (SSSR count). The minimum absolute atomic E-state index is 0.101. The highest BCUT2D eigenvalue weighted by Crippen LogP contribution is 2.45. The summed E-state index contributed by atoms with van der Waals surface area (Å²) in [5, 5.41) is 10.6. The molecule has 0 bridgehead atoms. The average molecular weight is 1360 g/mol. The maximum Gasteiger partial charge on any atom is 0.472 e. The zero-order valence-corrected chi connectivity index (χ0v) is 61.7. The Hall–Kier alpha value is -2.46. The predicted molar refractivity (Wildman–Crippen MR) is 377 cm³/mol. The summed E-state index contributed by atoms with van der Waals surface area (Å²) in [5.74, 6) is -1.35. The van der Waals surface area contributed by atoms with E-state index in [4.69, 9.17) is 37.0 Å². The number of carbonyl (C=O) groups is 4. The van der Waals surface area contributed by atoms with E-state index in [0.717, 1.165) is 121 Å². The van der Waals surface area contributed by atoms with E-state index in [9.17, 15) is 43.2 Å². The van der Waals surface area contributed by atoms with Crippen molar-refractivity contribution in [2.24, 2.45) is 5.92 Å². The van der Waals surface area contributed by atoms with Crippen molar-refractivity contribution in [1.82, 2.24) is 0 Å². The molecule has 0 aliphatic carbocycles. The number of allylic oxidation sites excluding steroid dienone is 4. The fourth-order valence-corrected chi connectivity index (χ4v) is 12.4. The van der Waals surface area contributed by atoms with E-state index in [-0.39, 0.29) is 25.7 Å². The third kappa shape index (κ3) is 67.9. The maximum atomic E-state index is 13.0. The van der Waals surface area contributed by atoms with Crippen molar-refractivity contribution >= 4 is 39.5 Å². The Balaban J connectivity index is 5.17. The number of aliphatic hydroxyl groups excluding tert-OH is 1. The summed E-state index contributed by atoms with van der Waals surface area (Å²) in [6, 6.07) is 0. The molecule has 0 aromatic heterocycles. The Bertz CT molecular complexity index is 1880. The lowest BCUT2D eigenvalue weighted by molar-refractivity contribution is -0.161. The molecule has 0 amide bonds. The fraction of sp³-hybridized carbons (Fsp3) is 0.892. The molecule has 0 fully saturated rings. The van der Waals surface area contributed by atoms with Crippen molar-refractivity contribution in [3.8, 4) is 0 Å². The first-order chi connectivity index (χ1) is 45.0. The highest BCUT2D eigenvalue weighted by atomic mass is 31.2. The zero-order valence-electron chi connectivity index (χ0n) is 59.9. The molecule has 0 aromatic rings. The minimum Gasteiger partial charge on any atom is -0.462 e. The van der Waals surface area contributed by atoms with Crippen molar-refractivity contribution < 1.29 is 80.2 Å². The Morgan fingerprint density at radius 2 is 0.581 bits per heavy atom. The maximum absolute atomic E-state index is 13.0. The van der Waals surface area contributed by atoms with Crippen LogP contribution in [0.4, 0.5) is 0 Å². The molecule has 5 atom stereocenters. The summed E-state index contributed by atoms with van der Waals surface area (Å²) in [4.78, 5) is 72.4. The molecule has 3 N–H and O–H groups in total. The number of carbonyl (C=O) groups excluding carboxylic acids is 4. The topological polar surface area (TPSA) is 237 Å². The summed E-state index contributed by atoms with van der Waals surface area (Å²) < 4.78 is 68.2. The van der Waals surface area contributed by atoms with Crippen molar-refractivity contribution in [2.75, 3.05) is 39.6 Å². The van der Waals surface area contributed by atoms with Crippen molar-refractivity contribution in [2.45, 2.75) is 380 Å². The number of ether oxygens (including phenoxy) is 4. The van der Waals surface area contributed by atoms with Gasteiger partial charge in [-0.2, -0.15) is 0 Å². The number of unbranched alkanes of at least 4 members (excludes halogenated alkanes) is 41. The minimum atomic E-state index is -4.96. The first kappa shape index (κ1) is 90.5. The molecule has 0 saturated carbocycles. The number of phosphoric ester groups is 2. The van der Waals surface area contributed by atoms with Crippen LogP contribution < -0.4 is 0 Å². The summed E-state index contributed by atoms with van der Waals surface area (Å²) in [6.45, 7) is 7.15. The first-order valence-corrected chi connectivity index (χ1v) is 40.9. The Labute approximate surface area is 567 Å². The van der Waals surface area contributed by atoms with E-state index in [0.29, 0.717) is 25.7 Å². The van der Waals surface area contributed by atoms with Crippen LogP contribution in [-0.4, -0.2) is 96.7 Å². The van der Waals surface area contributed by atoms with E-state index < -0.39 is 97.5 Å². The van der Waals surface area contributed by atoms with E-state index in [1.54, 1.807) is 0 Å². The van der Waals surface area contributed by atoms with Gasteiger partial charge < -0.3 is 33.8 Å². The van der Waals surface area contributed by atoms with E-state index in [1.807, 2.05) is 0 Å². The van der Waals surface area contributed by atoms with Gasteiger partial charge in [0.05, 0.1) is 26.4 Å². The molecule has 93 heavy (non-hydrogen) atoms. The summed E-state index contributed by atoms with van der Waals surface area (Å²) in [5.41, 5.74) is 0. The smallest absolute Gasteiger partial charge is 0.462 e. The van der Waals surface area contributed by atoms with Crippen LogP contribution in [0.2, 0.25) is 0 Å². The van der Waals surface area contributed by atoms with Gasteiger partial charge in [0.1, 0.15) is 19.3 Å². The molecule has 0 saturated heterocycles. The lowest BCUT2D eigenvalue weighted by Gasteiger charge is -2.21. The molecule has 0 aromatic carbocycles. The van der Waals surface area contributed by atoms with Gasteiger partial charge in [-0.05, 0) is 57.3 Å². The van der Waals surface area contributed by atoms with Crippen LogP contribution in [0.1, 0.15) is 362 Å². The quantitative estimate of drug-likeness (QED) is 0.0169. The van der Waals surface area contributed by atoms with Crippen LogP contribution in [0.5, 0.6) is 0 Å². The Kier molecular flexibility index (Phi) is 65.0. The van der Waals surface area contributed by atoms with Crippen molar-refractivity contribution in [1.29, 1.82) is 0 Å². The van der Waals surface area contributed by atoms with Crippen LogP contribution in [-0.2, 0) is 65.4 Å². The van der Waals surface area contributed by atoms with Gasteiger partial charge in [0.2, 0.25) is 0 Å². The van der Waals surface area contributed by atoms with Crippen molar-refractivity contribution in [3.05, 3.63) is 24.3 Å². The molecule has 0 spiro atoms. The van der Waals surface area contributed by atoms with Gasteiger partial charge in [-0.3, -0.25) is 37.3 Å². The number of hydrogen-bond donors (Lipinski definition) is 3. The molecule has 548 valence electrons. The standard InChI is InChI=1S/C74H140O17P2/c1-6-9-12-15-17-19-21-23-27-32-35-39-43-48-53-58-72(77)85-64-70(91-74(79)60-55-50-45-41-37-33-29-26-25-28-30-34-38-42-47-51-56-67(4)5)66-89-93(82,83)87-62-68(75)61-86-92(80,81)88-65-69(63-84-71(76)57-52-46-14-11-8-3)90-73(78)59-54-49-44-40-36-31-24-22-20-18-16-13-10-7-2/h19,21,23,27,67-70,75H,6-18,20,22,24-26,28-66H2,1-5H3,(H,80,81)(H,82,83)/b21-19-,27-23-/t68-,69+,70+/m0/s1. The molecular weight excluding hydrogens is 1220 g/mol. The monoisotopic (exact) mass is 1360 g/mol.